The molecule has 2 aliphatic rings. The number of nitrogens with zero attached hydrogens (tertiary/aromatic N) is 2. The van der Waals surface area contributed by atoms with Crippen molar-refractivity contribution < 1.29 is 14.3 Å². The van der Waals surface area contributed by atoms with Gasteiger partial charge in [-0.1, -0.05) is 60.1 Å². The molecule has 3 aromatic rings. The van der Waals surface area contributed by atoms with E-state index in [-0.39, 0.29) is 18.4 Å². The van der Waals surface area contributed by atoms with Crippen LogP contribution in [0.3, 0.4) is 0 Å². The van der Waals surface area contributed by atoms with Gasteiger partial charge in [0.2, 0.25) is 5.91 Å². The highest BCUT2D eigenvalue weighted by Gasteiger charge is 2.63. The number of rotatable bonds is 5. The Hall–Kier alpha value is -2.89. The molecule has 3 aromatic carbocycles. The van der Waals surface area contributed by atoms with Gasteiger partial charge in [-0.15, -0.1) is 0 Å². The third kappa shape index (κ3) is 3.76. The van der Waals surface area contributed by atoms with Crippen LogP contribution in [0.25, 0.3) is 10.8 Å². The van der Waals surface area contributed by atoms with Crippen molar-refractivity contribution in [2.75, 3.05) is 13.7 Å². The van der Waals surface area contributed by atoms with Crippen LogP contribution >= 0.6 is 11.6 Å². The van der Waals surface area contributed by atoms with Crippen LogP contribution < -0.4 is 0 Å². The quantitative estimate of drug-likeness (QED) is 0.542. The Kier molecular flexibility index (Phi) is 5.39. The molecule has 1 atom stereocenters. The van der Waals surface area contributed by atoms with Crippen molar-refractivity contribution in [3.63, 3.8) is 0 Å². The normalized spacial score (nSPS) is 20.0. The van der Waals surface area contributed by atoms with Gasteiger partial charge < -0.3 is 9.64 Å². The molecule has 1 saturated carbocycles. The smallest absolute Gasteiger partial charge is 0.325 e. The van der Waals surface area contributed by atoms with Gasteiger partial charge in [-0.25, -0.2) is 0 Å². The van der Waals surface area contributed by atoms with Gasteiger partial charge in [-0.2, -0.15) is 0 Å². The Morgan fingerprint density at radius 2 is 1.69 bits per heavy atom. The predicted molar refractivity (Wildman–Crippen MR) is 124 cm³/mol. The molecule has 1 unspecified atom stereocenters. The molecular weight excluding hydrogens is 424 g/mol. The van der Waals surface area contributed by atoms with Gasteiger partial charge in [0.05, 0.1) is 19.2 Å². The number of methoxy groups -OCH3 is 1. The molecule has 1 spiro atoms. The van der Waals surface area contributed by atoms with Gasteiger partial charge in [0.1, 0.15) is 6.04 Å². The minimum absolute atomic E-state index is 0.0402. The third-order valence-corrected chi connectivity index (χ3v) is 6.94. The summed E-state index contributed by atoms with van der Waals surface area (Å²) in [6.45, 7) is 1.17. The second-order valence-electron chi connectivity index (χ2n) is 8.72. The fraction of sp³-hybridized carbons (Fsp3) is 0.308. The van der Waals surface area contributed by atoms with E-state index in [4.69, 9.17) is 16.3 Å². The van der Waals surface area contributed by atoms with E-state index in [0.717, 1.165) is 29.4 Å². The number of hydrogen-bond acceptors (Lipinski definition) is 4. The number of carbonyl (C=O) groups is 2. The first-order chi connectivity index (χ1) is 15.5. The number of benzene rings is 3. The van der Waals surface area contributed by atoms with Crippen molar-refractivity contribution >= 4 is 34.2 Å². The summed E-state index contributed by atoms with van der Waals surface area (Å²) in [6.07, 6.45) is 1.58. The zero-order valence-electron chi connectivity index (χ0n) is 18.0. The molecule has 0 N–H and O–H groups in total. The topological polar surface area (TPSA) is 49.9 Å². The summed E-state index contributed by atoms with van der Waals surface area (Å²) in [5.74, 6) is -0.240. The Morgan fingerprint density at radius 3 is 2.38 bits per heavy atom. The summed E-state index contributed by atoms with van der Waals surface area (Å²) in [5.41, 5.74) is 1.56. The van der Waals surface area contributed by atoms with Crippen molar-refractivity contribution in [3.8, 4) is 0 Å². The molecule has 1 aliphatic heterocycles. The first-order valence-corrected chi connectivity index (χ1v) is 11.2. The molecule has 5 rings (SSSR count). The Bertz CT molecular complexity index is 1170. The molecule has 164 valence electrons. The summed E-state index contributed by atoms with van der Waals surface area (Å²) in [7, 11) is 1.42. The monoisotopic (exact) mass is 448 g/mol. The molecule has 1 saturated heterocycles. The maximum Gasteiger partial charge on any atom is 0.325 e. The predicted octanol–water partition coefficient (Wildman–Crippen LogP) is 4.41. The SMILES string of the molecule is COC(=O)C1N(Cc2ccc3ccccc3c2)CC(=O)N(Cc2ccc(Cl)cc2)C12CC2. The first kappa shape index (κ1) is 21.0. The average Bonchev–Trinajstić information content (AvgIpc) is 3.58. The number of esters is 1. The lowest BCUT2D eigenvalue weighted by molar-refractivity contribution is -0.162. The van der Waals surface area contributed by atoms with Gasteiger partial charge >= 0.3 is 5.97 Å². The van der Waals surface area contributed by atoms with Crippen LogP contribution in [0.1, 0.15) is 24.0 Å². The van der Waals surface area contributed by atoms with Crippen LogP contribution in [0, 0.1) is 0 Å². The van der Waals surface area contributed by atoms with Crippen molar-refractivity contribution in [3.05, 3.63) is 82.9 Å². The number of fused-ring (bicyclic) bond motifs is 1. The van der Waals surface area contributed by atoms with E-state index in [1.807, 2.05) is 46.2 Å². The number of piperazine rings is 1. The largest absolute Gasteiger partial charge is 0.468 e. The lowest BCUT2D eigenvalue weighted by Gasteiger charge is -2.46. The molecule has 1 amide bonds. The van der Waals surface area contributed by atoms with E-state index in [1.54, 1.807) is 0 Å². The van der Waals surface area contributed by atoms with Crippen LogP contribution in [-0.4, -0.2) is 46.9 Å². The van der Waals surface area contributed by atoms with Crippen molar-refractivity contribution in [2.24, 2.45) is 0 Å². The van der Waals surface area contributed by atoms with Gasteiger partial charge in [-0.05, 0) is 52.9 Å². The molecule has 32 heavy (non-hydrogen) atoms. The Balaban J connectivity index is 1.44. The second kappa shape index (κ2) is 8.23. The third-order valence-electron chi connectivity index (χ3n) is 6.69. The summed E-state index contributed by atoms with van der Waals surface area (Å²) in [5, 5.41) is 2.98. The number of amides is 1. The molecule has 0 aromatic heterocycles. The van der Waals surface area contributed by atoms with E-state index in [9.17, 15) is 9.59 Å². The summed E-state index contributed by atoms with van der Waals surface area (Å²) < 4.78 is 5.22. The van der Waals surface area contributed by atoms with Crippen molar-refractivity contribution in [2.45, 2.75) is 37.5 Å². The maximum atomic E-state index is 13.3. The number of halogens is 1. The molecular formula is C26H25ClN2O3. The lowest BCUT2D eigenvalue weighted by Crippen LogP contribution is -2.66. The van der Waals surface area contributed by atoms with Gasteiger partial charge in [0, 0.05) is 18.1 Å². The van der Waals surface area contributed by atoms with Crippen LogP contribution in [0.5, 0.6) is 0 Å². The first-order valence-electron chi connectivity index (χ1n) is 10.8. The number of hydrogen-bond donors (Lipinski definition) is 0. The van der Waals surface area contributed by atoms with E-state index in [2.05, 4.69) is 30.3 Å². The van der Waals surface area contributed by atoms with E-state index >= 15 is 0 Å². The molecule has 0 bridgehead atoms. The minimum atomic E-state index is -0.515. The van der Waals surface area contributed by atoms with Crippen LogP contribution in [0.15, 0.2) is 66.7 Å². The standard InChI is InChI=1S/C26H25ClN2O3/c1-32-25(31)24-26(12-13-26)29(16-18-7-10-22(27)11-8-18)23(30)17-28(24)15-19-6-9-20-4-2-3-5-21(20)14-19/h2-11,14,24H,12-13,15-17H2,1H3. The number of carbonyl (C=O) groups excluding carboxylic acids is 2. The summed E-state index contributed by atoms with van der Waals surface area (Å²) in [4.78, 5) is 30.1. The highest BCUT2D eigenvalue weighted by atomic mass is 35.5. The lowest BCUT2D eigenvalue weighted by atomic mass is 9.96. The zero-order valence-corrected chi connectivity index (χ0v) is 18.7. The molecule has 0 radical (unpaired) electrons. The molecule has 1 heterocycles. The van der Waals surface area contributed by atoms with E-state index in [0.29, 0.717) is 18.1 Å². The highest BCUT2D eigenvalue weighted by molar-refractivity contribution is 6.30. The maximum absolute atomic E-state index is 13.3. The molecule has 6 heteroatoms. The Labute approximate surface area is 192 Å². The zero-order chi connectivity index (χ0) is 22.3. The molecule has 2 fully saturated rings. The minimum Gasteiger partial charge on any atom is -0.468 e. The van der Waals surface area contributed by atoms with Crippen LogP contribution in [-0.2, 0) is 27.4 Å². The van der Waals surface area contributed by atoms with E-state index < -0.39 is 11.6 Å². The molecule has 1 aliphatic carbocycles. The summed E-state index contributed by atoms with van der Waals surface area (Å²) in [6, 6.07) is 21.5. The van der Waals surface area contributed by atoms with Crippen molar-refractivity contribution in [1.82, 2.24) is 9.80 Å². The van der Waals surface area contributed by atoms with Crippen molar-refractivity contribution in [1.29, 1.82) is 0 Å². The van der Waals surface area contributed by atoms with Gasteiger partial charge in [-0.3, -0.25) is 14.5 Å². The van der Waals surface area contributed by atoms with Crippen LogP contribution in [0.2, 0.25) is 5.02 Å². The molecule has 5 nitrogen and oxygen atoms in total. The van der Waals surface area contributed by atoms with E-state index in [1.165, 1.54) is 12.5 Å². The van der Waals surface area contributed by atoms with Crippen LogP contribution in [0.4, 0.5) is 0 Å². The Morgan fingerprint density at radius 1 is 1.00 bits per heavy atom. The fourth-order valence-electron chi connectivity index (χ4n) is 4.97. The summed E-state index contributed by atoms with van der Waals surface area (Å²) >= 11 is 6.02. The van der Waals surface area contributed by atoms with Gasteiger partial charge in [0.15, 0.2) is 0 Å². The van der Waals surface area contributed by atoms with Gasteiger partial charge in [0.25, 0.3) is 0 Å². The fourth-order valence-corrected chi connectivity index (χ4v) is 5.10. The average molecular weight is 449 g/mol. The highest BCUT2D eigenvalue weighted by Crippen LogP contribution is 2.50. The second-order valence-corrected chi connectivity index (χ2v) is 9.16. The number of ether oxygens (including phenoxy) is 1.